The number of alkyl halides is 3. The van der Waals surface area contributed by atoms with Crippen molar-refractivity contribution in [1.82, 2.24) is 4.90 Å². The number of hydrogen-bond acceptors (Lipinski definition) is 3. The number of anilines is 1. The van der Waals surface area contributed by atoms with Gasteiger partial charge in [0.1, 0.15) is 0 Å². The lowest BCUT2D eigenvalue weighted by molar-refractivity contribution is -0.136. The van der Waals surface area contributed by atoms with Crippen LogP contribution in [0.15, 0.2) is 18.2 Å². The maximum absolute atomic E-state index is 13.0. The van der Waals surface area contributed by atoms with E-state index in [1.54, 1.807) is 7.05 Å². The largest absolute Gasteiger partial charge is 0.418 e. The summed E-state index contributed by atoms with van der Waals surface area (Å²) in [6.07, 6.45) is -3.81. The third kappa shape index (κ3) is 3.29. The third-order valence-electron chi connectivity index (χ3n) is 3.61. The fourth-order valence-electron chi connectivity index (χ4n) is 2.33. The average Bonchev–Trinajstić information content (AvgIpc) is 2.98. The summed E-state index contributed by atoms with van der Waals surface area (Å²) in [7, 11) is 3.00. The first-order valence-electron chi connectivity index (χ1n) is 6.58. The minimum absolute atomic E-state index is 0.0238. The molecule has 1 aromatic rings. The first-order valence-corrected chi connectivity index (χ1v) is 6.58. The predicted molar refractivity (Wildman–Crippen MR) is 72.3 cm³/mol. The molecule has 0 aromatic heterocycles. The van der Waals surface area contributed by atoms with Crippen LogP contribution in [0.1, 0.15) is 22.3 Å². The molecule has 1 atom stereocenters. The second-order valence-electron chi connectivity index (χ2n) is 4.94. The van der Waals surface area contributed by atoms with Gasteiger partial charge in [-0.3, -0.25) is 4.79 Å². The SMILES string of the molecule is CNc1ccc(C(=O)N(C)C2CCOC2)cc1C(F)(F)F. The van der Waals surface area contributed by atoms with Gasteiger partial charge in [0.25, 0.3) is 5.91 Å². The molecular weight excluding hydrogens is 285 g/mol. The topological polar surface area (TPSA) is 41.6 Å². The minimum atomic E-state index is -4.51. The Balaban J connectivity index is 2.29. The highest BCUT2D eigenvalue weighted by Gasteiger charge is 2.34. The summed E-state index contributed by atoms with van der Waals surface area (Å²) in [5, 5.41) is 2.49. The van der Waals surface area contributed by atoms with E-state index >= 15 is 0 Å². The number of halogens is 3. The Hall–Kier alpha value is -1.76. The minimum Gasteiger partial charge on any atom is -0.388 e. The molecule has 0 radical (unpaired) electrons. The Morgan fingerprint density at radius 2 is 2.14 bits per heavy atom. The number of nitrogens with one attached hydrogen (secondary N) is 1. The summed E-state index contributed by atoms with van der Waals surface area (Å²) in [6, 6.07) is 3.47. The second kappa shape index (κ2) is 5.93. The van der Waals surface area contributed by atoms with Crippen molar-refractivity contribution in [3.63, 3.8) is 0 Å². The summed E-state index contributed by atoms with van der Waals surface area (Å²) < 4.78 is 44.2. The highest BCUT2D eigenvalue weighted by molar-refractivity contribution is 5.95. The van der Waals surface area contributed by atoms with Crippen LogP contribution < -0.4 is 5.32 Å². The lowest BCUT2D eigenvalue weighted by Gasteiger charge is -2.24. The number of rotatable bonds is 3. The zero-order valence-electron chi connectivity index (χ0n) is 11.8. The van der Waals surface area contributed by atoms with Gasteiger partial charge in [0.15, 0.2) is 0 Å². The van der Waals surface area contributed by atoms with Crippen LogP contribution in [0.4, 0.5) is 18.9 Å². The van der Waals surface area contributed by atoms with Crippen LogP contribution in [0.2, 0.25) is 0 Å². The standard InChI is InChI=1S/C14H17F3N2O2/c1-18-12-4-3-9(7-11(12)14(15,16)17)13(20)19(2)10-5-6-21-8-10/h3-4,7,10,18H,5-6,8H2,1-2H3. The number of amides is 1. The Kier molecular flexibility index (Phi) is 4.41. The maximum Gasteiger partial charge on any atom is 0.418 e. The monoisotopic (exact) mass is 302 g/mol. The molecule has 116 valence electrons. The van der Waals surface area contributed by atoms with E-state index in [1.807, 2.05) is 0 Å². The van der Waals surface area contributed by atoms with Crippen LogP contribution in [0, 0.1) is 0 Å². The first-order chi connectivity index (χ1) is 9.84. The van der Waals surface area contributed by atoms with E-state index in [9.17, 15) is 18.0 Å². The molecule has 7 heteroatoms. The van der Waals surface area contributed by atoms with Crippen LogP contribution in [-0.2, 0) is 10.9 Å². The van der Waals surface area contributed by atoms with E-state index in [0.29, 0.717) is 19.6 Å². The molecule has 4 nitrogen and oxygen atoms in total. The van der Waals surface area contributed by atoms with Crippen LogP contribution in [-0.4, -0.2) is 44.2 Å². The van der Waals surface area contributed by atoms with Gasteiger partial charge >= 0.3 is 6.18 Å². The smallest absolute Gasteiger partial charge is 0.388 e. The number of likely N-dealkylation sites (N-methyl/N-ethyl adjacent to an activating group) is 1. The molecular formula is C14H17F3N2O2. The fourth-order valence-corrected chi connectivity index (χ4v) is 2.33. The fraction of sp³-hybridized carbons (Fsp3) is 0.500. The Morgan fingerprint density at radius 1 is 1.43 bits per heavy atom. The lowest BCUT2D eigenvalue weighted by Crippen LogP contribution is -2.37. The zero-order valence-corrected chi connectivity index (χ0v) is 11.8. The van der Waals surface area contributed by atoms with Crippen molar-refractivity contribution < 1.29 is 22.7 Å². The molecule has 1 aliphatic heterocycles. The molecule has 2 rings (SSSR count). The quantitative estimate of drug-likeness (QED) is 0.933. The highest BCUT2D eigenvalue weighted by Crippen LogP contribution is 2.35. The summed E-state index contributed by atoms with van der Waals surface area (Å²) in [4.78, 5) is 13.7. The van der Waals surface area contributed by atoms with Crippen molar-refractivity contribution in [1.29, 1.82) is 0 Å². The molecule has 1 saturated heterocycles. The number of hydrogen-bond donors (Lipinski definition) is 1. The summed E-state index contributed by atoms with van der Waals surface area (Å²) >= 11 is 0. The maximum atomic E-state index is 13.0. The van der Waals surface area contributed by atoms with Gasteiger partial charge in [-0.15, -0.1) is 0 Å². The summed E-state index contributed by atoms with van der Waals surface area (Å²) in [6.45, 7) is 0.984. The molecule has 0 aliphatic carbocycles. The van der Waals surface area contributed by atoms with Gasteiger partial charge < -0.3 is 15.0 Å². The first kappa shape index (κ1) is 15.6. The normalized spacial score (nSPS) is 18.6. The molecule has 1 aliphatic rings. The highest BCUT2D eigenvalue weighted by atomic mass is 19.4. The van der Waals surface area contributed by atoms with E-state index in [1.165, 1.54) is 24.1 Å². The van der Waals surface area contributed by atoms with Gasteiger partial charge in [-0.25, -0.2) is 0 Å². The summed E-state index contributed by atoms with van der Waals surface area (Å²) in [5.74, 6) is -0.432. The molecule has 0 bridgehead atoms. The summed E-state index contributed by atoms with van der Waals surface area (Å²) in [5.41, 5.74) is -0.867. The van der Waals surface area contributed by atoms with Gasteiger partial charge in [0.05, 0.1) is 18.2 Å². The number of benzene rings is 1. The Labute approximate surface area is 120 Å². The second-order valence-corrected chi connectivity index (χ2v) is 4.94. The molecule has 1 aromatic carbocycles. The molecule has 21 heavy (non-hydrogen) atoms. The van der Waals surface area contributed by atoms with Crippen molar-refractivity contribution in [2.45, 2.75) is 18.6 Å². The van der Waals surface area contributed by atoms with Crippen LogP contribution in [0.5, 0.6) is 0 Å². The van der Waals surface area contributed by atoms with Crippen molar-refractivity contribution in [3.05, 3.63) is 29.3 Å². The Morgan fingerprint density at radius 3 is 2.67 bits per heavy atom. The van der Waals surface area contributed by atoms with Crippen molar-refractivity contribution in [2.24, 2.45) is 0 Å². The van der Waals surface area contributed by atoms with Gasteiger partial charge in [0.2, 0.25) is 0 Å². The number of nitrogens with zero attached hydrogens (tertiary/aromatic N) is 1. The van der Waals surface area contributed by atoms with Gasteiger partial charge in [-0.05, 0) is 24.6 Å². The van der Waals surface area contributed by atoms with E-state index in [-0.39, 0.29) is 17.3 Å². The van der Waals surface area contributed by atoms with Crippen molar-refractivity contribution >= 4 is 11.6 Å². The molecule has 1 amide bonds. The Bertz CT molecular complexity index is 525. The zero-order chi connectivity index (χ0) is 15.6. The van der Waals surface area contributed by atoms with Crippen LogP contribution >= 0.6 is 0 Å². The number of carbonyl (C=O) groups is 1. The molecule has 1 fully saturated rings. The molecule has 1 heterocycles. The van der Waals surface area contributed by atoms with Crippen LogP contribution in [0.25, 0.3) is 0 Å². The van der Waals surface area contributed by atoms with E-state index in [4.69, 9.17) is 4.74 Å². The predicted octanol–water partition coefficient (Wildman–Crippen LogP) is 2.61. The van der Waals surface area contributed by atoms with Crippen molar-refractivity contribution in [3.8, 4) is 0 Å². The number of ether oxygens (including phenoxy) is 1. The molecule has 1 unspecified atom stereocenters. The van der Waals surface area contributed by atoms with E-state index in [0.717, 1.165) is 6.07 Å². The van der Waals surface area contributed by atoms with Gasteiger partial charge in [0, 0.05) is 32.0 Å². The van der Waals surface area contributed by atoms with Crippen LogP contribution in [0.3, 0.4) is 0 Å². The van der Waals surface area contributed by atoms with Crippen molar-refractivity contribution in [2.75, 3.05) is 32.6 Å². The molecule has 0 spiro atoms. The third-order valence-corrected chi connectivity index (χ3v) is 3.61. The van der Waals surface area contributed by atoms with E-state index < -0.39 is 17.6 Å². The van der Waals surface area contributed by atoms with E-state index in [2.05, 4.69) is 5.32 Å². The van der Waals surface area contributed by atoms with Gasteiger partial charge in [-0.1, -0.05) is 0 Å². The lowest BCUT2D eigenvalue weighted by atomic mass is 10.1. The molecule has 0 saturated carbocycles. The number of carbonyl (C=O) groups excluding carboxylic acids is 1. The molecule has 1 N–H and O–H groups in total. The average molecular weight is 302 g/mol. The van der Waals surface area contributed by atoms with Gasteiger partial charge in [-0.2, -0.15) is 13.2 Å².